The van der Waals surface area contributed by atoms with Gasteiger partial charge in [-0.2, -0.15) is 5.26 Å². The van der Waals surface area contributed by atoms with Crippen molar-refractivity contribution in [2.45, 2.75) is 19.3 Å². The highest BCUT2D eigenvalue weighted by Gasteiger charge is 2.16. The summed E-state index contributed by atoms with van der Waals surface area (Å²) in [6, 6.07) is 2.01. The molecule has 0 aliphatic carbocycles. The van der Waals surface area contributed by atoms with Gasteiger partial charge in [0.05, 0.1) is 19.0 Å². The predicted octanol–water partition coefficient (Wildman–Crippen LogP) is -0.0523. The summed E-state index contributed by atoms with van der Waals surface area (Å²) in [6.07, 6.45) is 2.85. The van der Waals surface area contributed by atoms with Crippen molar-refractivity contribution in [3.8, 4) is 6.07 Å². The summed E-state index contributed by atoms with van der Waals surface area (Å²) in [5, 5.41) is 14.5. The van der Waals surface area contributed by atoms with E-state index in [4.69, 9.17) is 5.26 Å². The number of rotatable bonds is 6. The lowest BCUT2D eigenvalue weighted by atomic mass is 9.99. The molecule has 5 heteroatoms. The molecule has 2 N–H and O–H groups in total. The molecule has 96 valence electrons. The Morgan fingerprint density at radius 1 is 1.65 bits per heavy atom. The molecule has 0 radical (unpaired) electrons. The Balaban J connectivity index is 2.12. The Morgan fingerprint density at radius 2 is 2.47 bits per heavy atom. The van der Waals surface area contributed by atoms with E-state index in [1.54, 1.807) is 0 Å². The van der Waals surface area contributed by atoms with Crippen molar-refractivity contribution in [3.63, 3.8) is 0 Å². The van der Waals surface area contributed by atoms with E-state index in [2.05, 4.69) is 15.5 Å². The highest BCUT2D eigenvalue weighted by Crippen LogP contribution is 2.10. The van der Waals surface area contributed by atoms with Crippen LogP contribution in [0.3, 0.4) is 0 Å². The molecule has 0 bridgehead atoms. The Kier molecular flexibility index (Phi) is 6.60. The first-order valence-corrected chi connectivity index (χ1v) is 6.25. The maximum absolute atomic E-state index is 11.5. The lowest BCUT2D eigenvalue weighted by Crippen LogP contribution is -2.41. The zero-order valence-corrected chi connectivity index (χ0v) is 10.5. The molecule has 0 aromatic heterocycles. The third-order valence-corrected chi connectivity index (χ3v) is 2.94. The van der Waals surface area contributed by atoms with Gasteiger partial charge >= 0.3 is 0 Å². The molecular formula is C12H22N4O. The van der Waals surface area contributed by atoms with E-state index in [-0.39, 0.29) is 5.91 Å². The minimum absolute atomic E-state index is 0.00604. The molecule has 0 saturated carbocycles. The highest BCUT2D eigenvalue weighted by molar-refractivity contribution is 5.77. The number of likely N-dealkylation sites (N-methyl/N-ethyl adjacent to an activating group) is 1. The molecule has 1 saturated heterocycles. The average molecular weight is 238 g/mol. The van der Waals surface area contributed by atoms with Crippen LogP contribution in [0.15, 0.2) is 0 Å². The fourth-order valence-electron chi connectivity index (χ4n) is 2.14. The van der Waals surface area contributed by atoms with E-state index >= 15 is 0 Å². The fraction of sp³-hybridized carbons (Fsp3) is 0.833. The standard InChI is InChI=1S/C12H22N4O/c1-16(9-11-4-2-6-14-8-11)10-12(17)15-7-3-5-13/h11,14H,2-4,6-10H2,1H3,(H,15,17). The largest absolute Gasteiger partial charge is 0.354 e. The number of carbonyl (C=O) groups is 1. The summed E-state index contributed by atoms with van der Waals surface area (Å²) in [5.74, 6) is 0.659. The minimum Gasteiger partial charge on any atom is -0.354 e. The number of nitrogens with zero attached hydrogens (tertiary/aromatic N) is 2. The Morgan fingerprint density at radius 3 is 3.12 bits per heavy atom. The van der Waals surface area contributed by atoms with Crippen LogP contribution in [0.1, 0.15) is 19.3 Å². The second-order valence-electron chi connectivity index (χ2n) is 4.67. The van der Waals surface area contributed by atoms with Crippen molar-refractivity contribution in [1.29, 1.82) is 5.26 Å². The molecule has 1 aliphatic rings. The molecule has 1 aliphatic heterocycles. The second kappa shape index (κ2) is 8.04. The van der Waals surface area contributed by atoms with Crippen LogP contribution in [0, 0.1) is 17.2 Å². The van der Waals surface area contributed by atoms with Crippen LogP contribution in [0.5, 0.6) is 0 Å². The topological polar surface area (TPSA) is 68.2 Å². The average Bonchev–Trinajstić information content (AvgIpc) is 2.30. The maximum Gasteiger partial charge on any atom is 0.234 e. The molecule has 1 atom stereocenters. The molecule has 0 aromatic carbocycles. The Bertz CT molecular complexity index is 268. The van der Waals surface area contributed by atoms with Gasteiger partial charge in [0.15, 0.2) is 0 Å². The van der Waals surface area contributed by atoms with Crippen molar-refractivity contribution >= 4 is 5.91 Å². The number of amides is 1. The van der Waals surface area contributed by atoms with Crippen molar-refractivity contribution < 1.29 is 4.79 Å². The normalized spacial score (nSPS) is 19.9. The molecule has 0 spiro atoms. The van der Waals surface area contributed by atoms with E-state index in [0.717, 1.165) is 19.6 Å². The molecule has 5 nitrogen and oxygen atoms in total. The van der Waals surface area contributed by atoms with Gasteiger partial charge in [0.1, 0.15) is 0 Å². The number of carbonyl (C=O) groups excluding carboxylic acids is 1. The number of hydrogen-bond donors (Lipinski definition) is 2. The molecule has 1 rings (SSSR count). The summed E-state index contributed by atoms with van der Waals surface area (Å²) in [7, 11) is 1.97. The van der Waals surface area contributed by atoms with Gasteiger partial charge in [-0.15, -0.1) is 0 Å². The lowest BCUT2D eigenvalue weighted by molar-refractivity contribution is -0.122. The van der Waals surface area contributed by atoms with Crippen LogP contribution in [0.2, 0.25) is 0 Å². The monoisotopic (exact) mass is 238 g/mol. The number of nitriles is 1. The van der Waals surface area contributed by atoms with Gasteiger partial charge in [0.2, 0.25) is 5.91 Å². The SMILES string of the molecule is CN(CC(=O)NCCC#N)CC1CCCNC1. The molecule has 0 aromatic rings. The smallest absolute Gasteiger partial charge is 0.234 e. The summed E-state index contributed by atoms with van der Waals surface area (Å²) in [4.78, 5) is 13.5. The third kappa shape index (κ3) is 6.25. The minimum atomic E-state index is 0.00604. The molecule has 1 heterocycles. The molecule has 1 unspecified atom stereocenters. The maximum atomic E-state index is 11.5. The van der Waals surface area contributed by atoms with Crippen LogP contribution in [-0.2, 0) is 4.79 Å². The zero-order valence-electron chi connectivity index (χ0n) is 10.5. The van der Waals surface area contributed by atoms with E-state index in [1.165, 1.54) is 12.8 Å². The van der Waals surface area contributed by atoms with E-state index in [9.17, 15) is 4.79 Å². The zero-order chi connectivity index (χ0) is 12.5. The van der Waals surface area contributed by atoms with Gasteiger partial charge in [-0.3, -0.25) is 9.69 Å². The van der Waals surface area contributed by atoms with E-state index in [0.29, 0.717) is 25.4 Å². The third-order valence-electron chi connectivity index (χ3n) is 2.94. The van der Waals surface area contributed by atoms with Crippen molar-refractivity contribution in [2.24, 2.45) is 5.92 Å². The first-order valence-electron chi connectivity index (χ1n) is 6.25. The summed E-state index contributed by atoms with van der Waals surface area (Å²) in [6.45, 7) is 4.00. The van der Waals surface area contributed by atoms with Gasteiger partial charge in [0, 0.05) is 13.1 Å². The van der Waals surface area contributed by atoms with Crippen LogP contribution in [0.4, 0.5) is 0 Å². The molecular weight excluding hydrogens is 216 g/mol. The van der Waals surface area contributed by atoms with Gasteiger partial charge < -0.3 is 10.6 Å². The van der Waals surface area contributed by atoms with Gasteiger partial charge in [0.25, 0.3) is 0 Å². The van der Waals surface area contributed by atoms with Crippen molar-refractivity contribution in [1.82, 2.24) is 15.5 Å². The van der Waals surface area contributed by atoms with Gasteiger partial charge in [-0.1, -0.05) is 0 Å². The van der Waals surface area contributed by atoms with Crippen molar-refractivity contribution in [3.05, 3.63) is 0 Å². The summed E-state index contributed by atoms with van der Waals surface area (Å²) >= 11 is 0. The quantitative estimate of drug-likeness (QED) is 0.637. The van der Waals surface area contributed by atoms with Crippen LogP contribution < -0.4 is 10.6 Å². The lowest BCUT2D eigenvalue weighted by Gasteiger charge is -2.27. The van der Waals surface area contributed by atoms with E-state index in [1.807, 2.05) is 13.1 Å². The van der Waals surface area contributed by atoms with Gasteiger partial charge in [-0.05, 0) is 38.9 Å². The van der Waals surface area contributed by atoms with Crippen molar-refractivity contribution in [2.75, 3.05) is 39.8 Å². The summed E-state index contributed by atoms with van der Waals surface area (Å²) < 4.78 is 0. The second-order valence-corrected chi connectivity index (χ2v) is 4.67. The Labute approximate surface area is 103 Å². The fourth-order valence-corrected chi connectivity index (χ4v) is 2.14. The van der Waals surface area contributed by atoms with Crippen LogP contribution in [0.25, 0.3) is 0 Å². The van der Waals surface area contributed by atoms with Crippen LogP contribution in [-0.4, -0.2) is 50.6 Å². The summed E-state index contributed by atoms with van der Waals surface area (Å²) in [5.41, 5.74) is 0. The molecule has 1 fully saturated rings. The van der Waals surface area contributed by atoms with Gasteiger partial charge in [-0.25, -0.2) is 0 Å². The van der Waals surface area contributed by atoms with Crippen LogP contribution >= 0.6 is 0 Å². The van der Waals surface area contributed by atoms with E-state index < -0.39 is 0 Å². The first-order chi connectivity index (χ1) is 8.22. The predicted molar refractivity (Wildman–Crippen MR) is 66.3 cm³/mol. The molecule has 17 heavy (non-hydrogen) atoms. The first kappa shape index (κ1) is 13.9. The number of nitrogens with one attached hydrogen (secondary N) is 2. The number of hydrogen-bond acceptors (Lipinski definition) is 4. The molecule has 1 amide bonds. The number of piperidine rings is 1. The Hall–Kier alpha value is -1.12. The highest BCUT2D eigenvalue weighted by atomic mass is 16.2.